The van der Waals surface area contributed by atoms with Crippen LogP contribution in [0.1, 0.15) is 6.42 Å². The first-order chi connectivity index (χ1) is 10.0. The maximum Gasteiger partial charge on any atom is 0.316 e. The van der Waals surface area contributed by atoms with Gasteiger partial charge in [0.2, 0.25) is 5.89 Å². The van der Waals surface area contributed by atoms with E-state index in [1.165, 1.54) is 12.1 Å². The molecule has 0 amide bonds. The summed E-state index contributed by atoms with van der Waals surface area (Å²) in [5.41, 5.74) is 0.571. The molecule has 8 heteroatoms. The van der Waals surface area contributed by atoms with Crippen LogP contribution in [0.2, 0.25) is 0 Å². The van der Waals surface area contributed by atoms with E-state index in [0.29, 0.717) is 18.2 Å². The van der Waals surface area contributed by atoms with Crippen LogP contribution in [0.15, 0.2) is 33.6 Å². The van der Waals surface area contributed by atoms with Crippen LogP contribution >= 0.6 is 0 Å². The predicted molar refractivity (Wildman–Crippen MR) is 75.7 cm³/mol. The topological polar surface area (TPSA) is 94.3 Å². The van der Waals surface area contributed by atoms with Gasteiger partial charge in [0.15, 0.2) is 9.84 Å². The van der Waals surface area contributed by atoms with Gasteiger partial charge in [-0.2, -0.15) is 0 Å². The van der Waals surface area contributed by atoms with E-state index in [0.717, 1.165) is 19.3 Å². The van der Waals surface area contributed by atoms with Crippen molar-refractivity contribution in [3.8, 4) is 11.5 Å². The minimum absolute atomic E-state index is 0.167. The van der Waals surface area contributed by atoms with Crippen LogP contribution in [0.4, 0.5) is 6.01 Å². The number of sulfone groups is 1. The van der Waals surface area contributed by atoms with Gasteiger partial charge in [0.25, 0.3) is 0 Å². The molecule has 0 radical (unpaired) electrons. The van der Waals surface area contributed by atoms with Gasteiger partial charge in [0.1, 0.15) is 0 Å². The van der Waals surface area contributed by atoms with Crippen LogP contribution in [0.5, 0.6) is 0 Å². The van der Waals surface area contributed by atoms with E-state index in [1.807, 2.05) is 0 Å². The number of nitrogens with one attached hydrogen (secondary N) is 1. The maximum absolute atomic E-state index is 11.6. The lowest BCUT2D eigenvalue weighted by Gasteiger charge is -2.06. The molecule has 1 aliphatic heterocycles. The van der Waals surface area contributed by atoms with E-state index >= 15 is 0 Å². The molecule has 1 atom stereocenters. The smallest absolute Gasteiger partial charge is 0.316 e. The monoisotopic (exact) mass is 309 g/mol. The molecule has 112 valence electrons. The van der Waals surface area contributed by atoms with Crippen LogP contribution in [0, 0.1) is 0 Å². The molecule has 1 aromatic carbocycles. The molecule has 1 saturated heterocycles. The molecule has 0 aliphatic carbocycles. The third kappa shape index (κ3) is 3.22. The van der Waals surface area contributed by atoms with Crippen LogP contribution in [0.3, 0.4) is 0 Å². The van der Waals surface area contributed by atoms with Gasteiger partial charge >= 0.3 is 6.01 Å². The third-order valence-corrected chi connectivity index (χ3v) is 4.30. The summed E-state index contributed by atoms with van der Waals surface area (Å²) < 4.78 is 33.9. The summed E-state index contributed by atoms with van der Waals surface area (Å²) in [6.07, 6.45) is 2.05. The standard InChI is InChI=1S/C13H15N3O4S/c1-21(17,18)11-4-2-3-9(7-11)12-15-16-13(20-12)14-10-5-6-19-8-10/h2-4,7,10H,5-6,8H2,1H3,(H,14,16). The lowest BCUT2D eigenvalue weighted by atomic mass is 10.2. The Labute approximate surface area is 122 Å². The molecular weight excluding hydrogens is 294 g/mol. The average molecular weight is 309 g/mol. The van der Waals surface area contributed by atoms with Crippen LogP contribution < -0.4 is 5.32 Å². The van der Waals surface area contributed by atoms with Crippen LogP contribution in [0.25, 0.3) is 11.5 Å². The number of aromatic nitrogens is 2. The van der Waals surface area contributed by atoms with Gasteiger partial charge in [-0.25, -0.2) is 8.42 Å². The predicted octanol–water partition coefficient (Wildman–Crippen LogP) is 1.34. The van der Waals surface area contributed by atoms with Gasteiger partial charge in [-0.3, -0.25) is 0 Å². The summed E-state index contributed by atoms with van der Waals surface area (Å²) in [7, 11) is -3.27. The van der Waals surface area contributed by atoms with Gasteiger partial charge in [0, 0.05) is 18.4 Å². The Morgan fingerprint density at radius 3 is 2.90 bits per heavy atom. The van der Waals surface area contributed by atoms with E-state index in [-0.39, 0.29) is 16.8 Å². The molecule has 0 spiro atoms. The van der Waals surface area contributed by atoms with Gasteiger partial charge in [-0.15, -0.1) is 5.10 Å². The van der Waals surface area contributed by atoms with Gasteiger partial charge < -0.3 is 14.5 Å². The molecule has 1 N–H and O–H groups in total. The minimum atomic E-state index is -3.27. The normalized spacial score (nSPS) is 18.8. The van der Waals surface area contributed by atoms with Crippen molar-refractivity contribution in [2.75, 3.05) is 24.8 Å². The molecule has 1 unspecified atom stereocenters. The van der Waals surface area contributed by atoms with Gasteiger partial charge in [-0.1, -0.05) is 11.2 Å². The van der Waals surface area contributed by atoms with E-state index in [1.54, 1.807) is 12.1 Å². The number of rotatable bonds is 4. The highest BCUT2D eigenvalue weighted by Gasteiger charge is 2.18. The summed E-state index contributed by atoms with van der Waals surface area (Å²) in [5, 5.41) is 10.9. The van der Waals surface area contributed by atoms with Gasteiger partial charge in [-0.05, 0) is 24.6 Å². The quantitative estimate of drug-likeness (QED) is 0.910. The summed E-state index contributed by atoms with van der Waals surface area (Å²) in [6, 6.07) is 6.90. The SMILES string of the molecule is CS(=O)(=O)c1cccc(-c2nnc(NC3CCOC3)o2)c1. The molecule has 21 heavy (non-hydrogen) atoms. The Kier molecular flexibility index (Phi) is 3.64. The average Bonchev–Trinajstić information content (AvgIpc) is 3.10. The Morgan fingerprint density at radius 2 is 2.19 bits per heavy atom. The fraction of sp³-hybridized carbons (Fsp3) is 0.385. The zero-order valence-corrected chi connectivity index (χ0v) is 12.3. The van der Waals surface area contributed by atoms with Crippen LogP contribution in [-0.4, -0.2) is 44.1 Å². The molecule has 3 rings (SSSR count). The minimum Gasteiger partial charge on any atom is -0.403 e. The first kappa shape index (κ1) is 14.0. The Balaban J connectivity index is 1.82. The molecule has 1 fully saturated rings. The zero-order valence-electron chi connectivity index (χ0n) is 11.4. The summed E-state index contributed by atoms with van der Waals surface area (Å²) in [5.74, 6) is 0.280. The number of hydrogen-bond donors (Lipinski definition) is 1. The maximum atomic E-state index is 11.6. The van der Waals surface area contributed by atoms with Crippen molar-refractivity contribution in [3.63, 3.8) is 0 Å². The van der Waals surface area contributed by atoms with Crippen molar-refractivity contribution in [2.24, 2.45) is 0 Å². The highest BCUT2D eigenvalue weighted by molar-refractivity contribution is 7.90. The lowest BCUT2D eigenvalue weighted by molar-refractivity contribution is 0.195. The van der Waals surface area contributed by atoms with E-state index < -0.39 is 9.84 Å². The van der Waals surface area contributed by atoms with E-state index in [9.17, 15) is 8.42 Å². The van der Waals surface area contributed by atoms with Crippen molar-refractivity contribution in [1.29, 1.82) is 0 Å². The van der Waals surface area contributed by atoms with Crippen LogP contribution in [-0.2, 0) is 14.6 Å². The number of anilines is 1. The Morgan fingerprint density at radius 1 is 1.33 bits per heavy atom. The highest BCUT2D eigenvalue weighted by atomic mass is 32.2. The lowest BCUT2D eigenvalue weighted by Crippen LogP contribution is -2.18. The second-order valence-electron chi connectivity index (χ2n) is 4.92. The number of benzene rings is 1. The summed E-state index contributed by atoms with van der Waals surface area (Å²) in [6.45, 7) is 1.33. The number of ether oxygens (including phenoxy) is 1. The fourth-order valence-corrected chi connectivity index (χ4v) is 2.75. The molecule has 0 saturated carbocycles. The third-order valence-electron chi connectivity index (χ3n) is 3.19. The molecule has 1 aliphatic rings. The Bertz CT molecular complexity index is 735. The van der Waals surface area contributed by atoms with Crippen molar-refractivity contribution in [1.82, 2.24) is 10.2 Å². The zero-order chi connectivity index (χ0) is 14.9. The highest BCUT2D eigenvalue weighted by Crippen LogP contribution is 2.23. The molecule has 7 nitrogen and oxygen atoms in total. The van der Waals surface area contributed by atoms with E-state index in [4.69, 9.17) is 9.15 Å². The molecule has 0 bridgehead atoms. The Hall–Kier alpha value is -1.93. The van der Waals surface area contributed by atoms with Crippen molar-refractivity contribution < 1.29 is 17.6 Å². The van der Waals surface area contributed by atoms with E-state index in [2.05, 4.69) is 15.5 Å². The number of nitrogens with zero attached hydrogens (tertiary/aromatic N) is 2. The first-order valence-corrected chi connectivity index (χ1v) is 8.40. The van der Waals surface area contributed by atoms with Gasteiger partial charge in [0.05, 0.1) is 17.5 Å². The molecule has 1 aromatic heterocycles. The van der Waals surface area contributed by atoms with Crippen molar-refractivity contribution in [3.05, 3.63) is 24.3 Å². The fourth-order valence-electron chi connectivity index (χ4n) is 2.08. The second kappa shape index (κ2) is 5.45. The van der Waals surface area contributed by atoms with Crippen molar-refractivity contribution in [2.45, 2.75) is 17.4 Å². The molecule has 2 heterocycles. The van der Waals surface area contributed by atoms with Crippen molar-refractivity contribution >= 4 is 15.9 Å². The molecular formula is C13H15N3O4S. The first-order valence-electron chi connectivity index (χ1n) is 6.51. The molecule has 2 aromatic rings. The summed E-state index contributed by atoms with van der Waals surface area (Å²) in [4.78, 5) is 0.219. The second-order valence-corrected chi connectivity index (χ2v) is 6.93. The summed E-state index contributed by atoms with van der Waals surface area (Å²) >= 11 is 0. The largest absolute Gasteiger partial charge is 0.403 e. The number of hydrogen-bond acceptors (Lipinski definition) is 7.